The number of likely N-dealkylation sites (N-methyl/N-ethyl adjacent to an activating group) is 1. The zero-order valence-corrected chi connectivity index (χ0v) is 11.0. The minimum absolute atomic E-state index is 0.0340. The van der Waals surface area contributed by atoms with Crippen molar-refractivity contribution < 1.29 is 9.13 Å². The molecule has 1 aromatic carbocycles. The number of hydrogen-bond donors (Lipinski definition) is 2. The van der Waals surface area contributed by atoms with Crippen molar-refractivity contribution in [3.05, 3.63) is 23.0 Å². The van der Waals surface area contributed by atoms with Gasteiger partial charge in [-0.3, -0.25) is 0 Å². The second-order valence-corrected chi connectivity index (χ2v) is 4.90. The maximum Gasteiger partial charge on any atom is 0.143 e. The van der Waals surface area contributed by atoms with Gasteiger partial charge in [-0.25, -0.2) is 4.39 Å². The Balaban J connectivity index is 1.95. The van der Waals surface area contributed by atoms with E-state index in [0.717, 1.165) is 13.1 Å². The number of anilines is 2. The third kappa shape index (κ3) is 3.25. The van der Waals surface area contributed by atoms with Gasteiger partial charge in [-0.05, 0) is 13.1 Å². The number of morpholine rings is 1. The predicted octanol–water partition coefficient (Wildman–Crippen LogP) is 1.80. The zero-order valence-electron chi connectivity index (χ0n) is 10.2. The Morgan fingerprint density at radius 1 is 1.61 bits per heavy atom. The van der Waals surface area contributed by atoms with Crippen molar-refractivity contribution in [2.45, 2.75) is 6.10 Å². The molecule has 1 atom stereocenters. The van der Waals surface area contributed by atoms with Crippen LogP contribution >= 0.6 is 11.6 Å². The molecule has 1 fully saturated rings. The van der Waals surface area contributed by atoms with Crippen molar-refractivity contribution in [3.8, 4) is 0 Å². The quantitative estimate of drug-likeness (QED) is 0.825. The maximum atomic E-state index is 13.3. The van der Waals surface area contributed by atoms with Gasteiger partial charge in [0.2, 0.25) is 0 Å². The van der Waals surface area contributed by atoms with Gasteiger partial charge < -0.3 is 20.7 Å². The molecule has 0 amide bonds. The van der Waals surface area contributed by atoms with E-state index >= 15 is 0 Å². The van der Waals surface area contributed by atoms with Crippen molar-refractivity contribution in [1.82, 2.24) is 4.90 Å². The molecule has 0 bridgehead atoms. The van der Waals surface area contributed by atoms with E-state index in [-0.39, 0.29) is 11.1 Å². The van der Waals surface area contributed by atoms with Crippen molar-refractivity contribution >= 4 is 23.0 Å². The van der Waals surface area contributed by atoms with Gasteiger partial charge in [-0.2, -0.15) is 0 Å². The largest absolute Gasteiger partial charge is 0.397 e. The number of nitrogen functional groups attached to an aromatic ring is 1. The van der Waals surface area contributed by atoms with Crippen LogP contribution in [-0.4, -0.2) is 44.3 Å². The van der Waals surface area contributed by atoms with Crippen LogP contribution in [0.5, 0.6) is 0 Å². The van der Waals surface area contributed by atoms with E-state index in [0.29, 0.717) is 24.5 Å². The number of halogens is 2. The third-order valence-electron chi connectivity index (χ3n) is 2.95. The number of nitrogens with one attached hydrogen (secondary N) is 1. The van der Waals surface area contributed by atoms with Crippen LogP contribution in [0.1, 0.15) is 0 Å². The number of ether oxygens (including phenoxy) is 1. The summed E-state index contributed by atoms with van der Waals surface area (Å²) in [7, 11) is 2.05. The molecule has 0 radical (unpaired) electrons. The Hall–Kier alpha value is -1.04. The second kappa shape index (κ2) is 5.73. The number of nitrogens with two attached hydrogens (primary N) is 1. The fourth-order valence-electron chi connectivity index (χ4n) is 1.93. The molecule has 0 aliphatic carbocycles. The summed E-state index contributed by atoms with van der Waals surface area (Å²) in [5, 5.41) is 3.13. The number of benzene rings is 1. The topological polar surface area (TPSA) is 50.5 Å². The highest BCUT2D eigenvalue weighted by molar-refractivity contribution is 6.31. The van der Waals surface area contributed by atoms with E-state index in [1.807, 2.05) is 7.05 Å². The van der Waals surface area contributed by atoms with Gasteiger partial charge in [0.25, 0.3) is 0 Å². The van der Waals surface area contributed by atoms with Crippen molar-refractivity contribution in [2.75, 3.05) is 44.3 Å². The van der Waals surface area contributed by atoms with E-state index in [9.17, 15) is 4.39 Å². The summed E-state index contributed by atoms with van der Waals surface area (Å²) in [6.45, 7) is 3.10. The Kier molecular flexibility index (Phi) is 4.27. The lowest BCUT2D eigenvalue weighted by molar-refractivity contribution is -0.0117. The standard InChI is InChI=1S/C12H17ClFN3O/c1-17-2-3-18-8(7-17)6-16-12-5-10(14)9(13)4-11(12)15/h4-5,8,16H,2-3,6-7,15H2,1H3. The molecule has 1 unspecified atom stereocenters. The Bertz CT molecular complexity index is 430. The molecule has 4 nitrogen and oxygen atoms in total. The number of nitrogens with zero attached hydrogens (tertiary/aromatic N) is 1. The molecule has 1 aliphatic heterocycles. The molecule has 0 aromatic heterocycles. The third-order valence-corrected chi connectivity index (χ3v) is 3.24. The minimum atomic E-state index is -0.477. The lowest BCUT2D eigenvalue weighted by atomic mass is 10.2. The molecule has 0 saturated carbocycles. The highest BCUT2D eigenvalue weighted by Gasteiger charge is 2.17. The fourth-order valence-corrected chi connectivity index (χ4v) is 2.10. The average Bonchev–Trinajstić information content (AvgIpc) is 2.32. The SMILES string of the molecule is CN1CCOC(CNc2cc(F)c(Cl)cc2N)C1. The molecule has 2 rings (SSSR count). The molecule has 1 heterocycles. The first-order chi connectivity index (χ1) is 8.56. The molecule has 18 heavy (non-hydrogen) atoms. The lowest BCUT2D eigenvalue weighted by Crippen LogP contribution is -2.43. The molecule has 0 spiro atoms. The van der Waals surface area contributed by atoms with E-state index in [1.165, 1.54) is 12.1 Å². The first-order valence-electron chi connectivity index (χ1n) is 5.85. The van der Waals surface area contributed by atoms with Crippen molar-refractivity contribution in [3.63, 3.8) is 0 Å². The highest BCUT2D eigenvalue weighted by Crippen LogP contribution is 2.26. The van der Waals surface area contributed by atoms with E-state index in [2.05, 4.69) is 10.2 Å². The molecular weight excluding hydrogens is 257 g/mol. The summed E-state index contributed by atoms with van der Waals surface area (Å²) >= 11 is 5.64. The van der Waals surface area contributed by atoms with Crippen LogP contribution < -0.4 is 11.1 Å². The summed E-state index contributed by atoms with van der Waals surface area (Å²) in [5.74, 6) is -0.477. The van der Waals surface area contributed by atoms with Crippen molar-refractivity contribution in [2.24, 2.45) is 0 Å². The average molecular weight is 274 g/mol. The molecule has 1 saturated heterocycles. The number of rotatable bonds is 3. The summed E-state index contributed by atoms with van der Waals surface area (Å²) < 4.78 is 18.9. The summed E-state index contributed by atoms with van der Waals surface area (Å²) in [6, 6.07) is 2.72. The van der Waals surface area contributed by atoms with Crippen LogP contribution in [0.4, 0.5) is 15.8 Å². The van der Waals surface area contributed by atoms with Gasteiger partial charge >= 0.3 is 0 Å². The fraction of sp³-hybridized carbons (Fsp3) is 0.500. The normalized spacial score (nSPS) is 20.9. The van der Waals surface area contributed by atoms with E-state index < -0.39 is 5.82 Å². The van der Waals surface area contributed by atoms with Gasteiger partial charge in [0.15, 0.2) is 0 Å². The van der Waals surface area contributed by atoms with Crippen LogP contribution in [-0.2, 0) is 4.74 Å². The van der Waals surface area contributed by atoms with Gasteiger partial charge in [-0.1, -0.05) is 11.6 Å². The van der Waals surface area contributed by atoms with Crippen molar-refractivity contribution in [1.29, 1.82) is 0 Å². The summed E-state index contributed by atoms with van der Waals surface area (Å²) in [5.41, 5.74) is 6.75. The maximum absolute atomic E-state index is 13.3. The summed E-state index contributed by atoms with van der Waals surface area (Å²) in [4.78, 5) is 2.20. The van der Waals surface area contributed by atoms with Crippen LogP contribution in [0, 0.1) is 5.82 Å². The monoisotopic (exact) mass is 273 g/mol. The van der Waals surface area contributed by atoms with Crippen LogP contribution in [0.25, 0.3) is 0 Å². The summed E-state index contributed by atoms with van der Waals surface area (Å²) in [6.07, 6.45) is 0.0851. The Labute approximate surface area is 111 Å². The second-order valence-electron chi connectivity index (χ2n) is 4.49. The lowest BCUT2D eigenvalue weighted by Gasteiger charge is -2.30. The van der Waals surface area contributed by atoms with Gasteiger partial charge in [0.05, 0.1) is 29.1 Å². The van der Waals surface area contributed by atoms with Gasteiger partial charge in [0, 0.05) is 25.7 Å². The zero-order chi connectivity index (χ0) is 13.1. The first-order valence-corrected chi connectivity index (χ1v) is 6.22. The van der Waals surface area contributed by atoms with Crippen LogP contribution in [0.3, 0.4) is 0 Å². The molecular formula is C12H17ClFN3O. The van der Waals surface area contributed by atoms with Gasteiger partial charge in [0.1, 0.15) is 5.82 Å². The molecule has 1 aromatic rings. The minimum Gasteiger partial charge on any atom is -0.397 e. The smallest absolute Gasteiger partial charge is 0.143 e. The molecule has 6 heteroatoms. The van der Waals surface area contributed by atoms with E-state index in [1.54, 1.807) is 0 Å². The van der Waals surface area contributed by atoms with Crippen LogP contribution in [0.15, 0.2) is 12.1 Å². The predicted molar refractivity (Wildman–Crippen MR) is 71.5 cm³/mol. The first kappa shape index (κ1) is 13.4. The van der Waals surface area contributed by atoms with Crippen LogP contribution in [0.2, 0.25) is 5.02 Å². The Morgan fingerprint density at radius 3 is 3.11 bits per heavy atom. The highest BCUT2D eigenvalue weighted by atomic mass is 35.5. The van der Waals surface area contributed by atoms with Gasteiger partial charge in [-0.15, -0.1) is 0 Å². The molecule has 3 N–H and O–H groups in total. The van der Waals surface area contributed by atoms with E-state index in [4.69, 9.17) is 22.1 Å². The molecule has 100 valence electrons. The number of hydrogen-bond acceptors (Lipinski definition) is 4. The molecule has 1 aliphatic rings. The Morgan fingerprint density at radius 2 is 2.39 bits per heavy atom.